The van der Waals surface area contributed by atoms with Gasteiger partial charge in [-0.3, -0.25) is 9.59 Å². The highest BCUT2D eigenvalue weighted by molar-refractivity contribution is 5.92. The van der Waals surface area contributed by atoms with Gasteiger partial charge in [-0.15, -0.1) is 0 Å². The maximum Gasteiger partial charge on any atom is 0.279 e. The Bertz CT molecular complexity index is 790. The Morgan fingerprint density at radius 3 is 2.07 bits per heavy atom. The van der Waals surface area contributed by atoms with Crippen molar-refractivity contribution in [3.63, 3.8) is 0 Å². The molecule has 7 nitrogen and oxygen atoms in total. The lowest BCUT2D eigenvalue weighted by Gasteiger charge is -2.15. The Hall–Kier alpha value is -3.06. The molecule has 0 aliphatic rings. The quantitative estimate of drug-likeness (QED) is 0.653. The Morgan fingerprint density at radius 1 is 0.926 bits per heavy atom. The normalized spacial score (nSPS) is 11.4. The van der Waals surface area contributed by atoms with E-state index in [1.54, 1.807) is 38.5 Å². The fraction of sp³-hybridized carbons (Fsp3) is 0.300. The predicted molar refractivity (Wildman–Crippen MR) is 104 cm³/mol. The van der Waals surface area contributed by atoms with Gasteiger partial charge < -0.3 is 25.0 Å². The Morgan fingerprint density at radius 2 is 1.52 bits per heavy atom. The number of amides is 2. The summed E-state index contributed by atoms with van der Waals surface area (Å²) in [5.74, 6) is 1.14. The molecule has 0 radical (unpaired) electrons. The minimum absolute atomic E-state index is 0.0831. The molecule has 2 aromatic carbocycles. The van der Waals surface area contributed by atoms with Crippen molar-refractivity contribution in [3.05, 3.63) is 48.0 Å². The molecule has 2 aromatic rings. The van der Waals surface area contributed by atoms with Gasteiger partial charge in [0.05, 0.1) is 21.3 Å². The molecule has 27 heavy (non-hydrogen) atoms. The lowest BCUT2D eigenvalue weighted by molar-refractivity contribution is -0.885. The van der Waals surface area contributed by atoms with Crippen LogP contribution in [0, 0.1) is 0 Å². The van der Waals surface area contributed by atoms with Crippen molar-refractivity contribution in [1.29, 1.82) is 0 Å². The van der Waals surface area contributed by atoms with Gasteiger partial charge in [0.2, 0.25) is 5.91 Å². The second kappa shape index (κ2) is 9.59. The van der Waals surface area contributed by atoms with E-state index in [0.717, 1.165) is 10.5 Å². The summed E-state index contributed by atoms with van der Waals surface area (Å²) in [6.45, 7) is 2.45. The van der Waals surface area contributed by atoms with Crippen molar-refractivity contribution in [2.24, 2.45) is 0 Å². The fourth-order valence-electron chi connectivity index (χ4n) is 2.72. The number of carbonyl (C=O) groups is 2. The van der Waals surface area contributed by atoms with E-state index in [-0.39, 0.29) is 11.8 Å². The summed E-state index contributed by atoms with van der Waals surface area (Å²) in [6.07, 6.45) is 0. The number of hydrogen-bond donors (Lipinski definition) is 3. The third kappa shape index (κ3) is 6.31. The zero-order valence-electron chi connectivity index (χ0n) is 16.1. The molecule has 0 fully saturated rings. The number of carbonyl (C=O) groups excluding carboxylic acids is 2. The molecular formula is C20H26N3O4+. The number of rotatable bonds is 8. The summed E-state index contributed by atoms with van der Waals surface area (Å²) in [7, 11) is 5.15. The van der Waals surface area contributed by atoms with Gasteiger partial charge in [-0.05, 0) is 42.5 Å². The lowest BCUT2D eigenvalue weighted by atomic mass is 10.2. The van der Waals surface area contributed by atoms with E-state index in [4.69, 9.17) is 9.47 Å². The predicted octanol–water partition coefficient (Wildman–Crippen LogP) is 1.32. The molecule has 0 aromatic heterocycles. The van der Waals surface area contributed by atoms with Gasteiger partial charge in [-0.1, -0.05) is 0 Å². The molecule has 3 N–H and O–H groups in total. The second-order valence-electron chi connectivity index (χ2n) is 6.31. The Balaban J connectivity index is 1.89. The summed E-state index contributed by atoms with van der Waals surface area (Å²) in [5.41, 5.74) is 2.43. The molecule has 0 aliphatic heterocycles. The molecule has 0 saturated heterocycles. The number of quaternary nitrogens is 1. The number of benzene rings is 2. The van der Waals surface area contributed by atoms with Gasteiger partial charge in [-0.2, -0.15) is 0 Å². The number of methoxy groups -OCH3 is 2. The van der Waals surface area contributed by atoms with Crippen molar-refractivity contribution >= 4 is 23.2 Å². The second-order valence-corrected chi connectivity index (χ2v) is 6.31. The van der Waals surface area contributed by atoms with Crippen molar-refractivity contribution in [2.45, 2.75) is 13.5 Å². The molecule has 0 aliphatic carbocycles. The average Bonchev–Trinajstić information content (AvgIpc) is 2.62. The van der Waals surface area contributed by atoms with E-state index >= 15 is 0 Å². The Labute approximate surface area is 159 Å². The maximum atomic E-state index is 12.3. The van der Waals surface area contributed by atoms with E-state index in [9.17, 15) is 9.59 Å². The molecule has 0 heterocycles. The molecule has 144 valence electrons. The minimum Gasteiger partial charge on any atom is -0.493 e. The van der Waals surface area contributed by atoms with E-state index in [1.807, 2.05) is 25.2 Å². The number of ether oxygens (including phenoxy) is 2. The molecule has 0 spiro atoms. The number of nitrogens with one attached hydrogen (secondary N) is 3. The van der Waals surface area contributed by atoms with Crippen molar-refractivity contribution < 1.29 is 24.0 Å². The van der Waals surface area contributed by atoms with Crippen molar-refractivity contribution in [2.75, 3.05) is 38.4 Å². The van der Waals surface area contributed by atoms with E-state index in [1.165, 1.54) is 6.92 Å². The van der Waals surface area contributed by atoms with Crippen LogP contribution in [-0.4, -0.2) is 39.6 Å². The maximum absolute atomic E-state index is 12.3. The highest BCUT2D eigenvalue weighted by atomic mass is 16.5. The molecule has 0 bridgehead atoms. The third-order valence-electron chi connectivity index (χ3n) is 3.91. The summed E-state index contributed by atoms with van der Waals surface area (Å²) >= 11 is 0. The van der Waals surface area contributed by atoms with E-state index < -0.39 is 0 Å². The summed E-state index contributed by atoms with van der Waals surface area (Å²) in [6, 6.07) is 12.7. The monoisotopic (exact) mass is 372 g/mol. The average molecular weight is 372 g/mol. The summed E-state index contributed by atoms with van der Waals surface area (Å²) < 4.78 is 10.6. The fourth-order valence-corrected chi connectivity index (χ4v) is 2.72. The van der Waals surface area contributed by atoms with Gasteiger partial charge in [0.25, 0.3) is 5.91 Å². The number of anilines is 2. The first-order valence-electron chi connectivity index (χ1n) is 8.61. The first kappa shape index (κ1) is 20.3. The smallest absolute Gasteiger partial charge is 0.279 e. The van der Waals surface area contributed by atoms with Gasteiger partial charge in [0.1, 0.15) is 6.54 Å². The van der Waals surface area contributed by atoms with Crippen LogP contribution in [0.3, 0.4) is 0 Å². The van der Waals surface area contributed by atoms with Gasteiger partial charge in [-0.25, -0.2) is 0 Å². The summed E-state index contributed by atoms with van der Waals surface area (Å²) in [4.78, 5) is 24.3. The summed E-state index contributed by atoms with van der Waals surface area (Å²) in [5, 5.41) is 5.55. The van der Waals surface area contributed by atoms with Gasteiger partial charge in [0, 0.05) is 23.9 Å². The van der Waals surface area contributed by atoms with Crippen molar-refractivity contribution in [3.8, 4) is 11.5 Å². The SMILES string of the molecule is COc1ccc(C[NH+](C)CC(=O)Nc2ccc(NC(C)=O)cc2)cc1OC. The molecule has 1 unspecified atom stereocenters. The largest absolute Gasteiger partial charge is 0.493 e. The van der Waals surface area contributed by atoms with Crippen LogP contribution in [0.25, 0.3) is 0 Å². The topological polar surface area (TPSA) is 81.1 Å². The lowest BCUT2D eigenvalue weighted by Crippen LogP contribution is -3.08. The first-order chi connectivity index (χ1) is 12.9. The highest BCUT2D eigenvalue weighted by Gasteiger charge is 2.13. The van der Waals surface area contributed by atoms with Crippen LogP contribution in [0.4, 0.5) is 11.4 Å². The third-order valence-corrected chi connectivity index (χ3v) is 3.91. The van der Waals surface area contributed by atoms with Gasteiger partial charge in [0.15, 0.2) is 18.0 Å². The molecule has 2 amide bonds. The van der Waals surface area contributed by atoms with Crippen LogP contribution in [0.2, 0.25) is 0 Å². The molecule has 1 atom stereocenters. The number of hydrogen-bond acceptors (Lipinski definition) is 4. The first-order valence-corrected chi connectivity index (χ1v) is 8.61. The van der Waals surface area contributed by atoms with Crippen LogP contribution >= 0.6 is 0 Å². The van der Waals surface area contributed by atoms with E-state index in [2.05, 4.69) is 10.6 Å². The zero-order chi connectivity index (χ0) is 19.8. The van der Waals surface area contributed by atoms with Crippen LogP contribution in [0.15, 0.2) is 42.5 Å². The molecule has 0 saturated carbocycles. The molecule has 2 rings (SSSR count). The minimum atomic E-state index is -0.132. The molecular weight excluding hydrogens is 346 g/mol. The van der Waals surface area contributed by atoms with Crippen LogP contribution in [0.5, 0.6) is 11.5 Å². The van der Waals surface area contributed by atoms with Crippen LogP contribution < -0.4 is 25.0 Å². The van der Waals surface area contributed by atoms with Gasteiger partial charge >= 0.3 is 0 Å². The van der Waals surface area contributed by atoms with E-state index in [0.29, 0.717) is 36.0 Å². The standard InChI is InChI=1S/C20H25N3O4/c1-14(24)21-16-6-8-17(9-7-16)22-20(25)13-23(2)12-15-5-10-18(26-3)19(11-15)27-4/h5-11H,12-13H2,1-4H3,(H,21,24)(H,22,25)/p+1. The highest BCUT2D eigenvalue weighted by Crippen LogP contribution is 2.27. The van der Waals surface area contributed by atoms with Crippen LogP contribution in [-0.2, 0) is 16.1 Å². The van der Waals surface area contributed by atoms with Crippen LogP contribution in [0.1, 0.15) is 12.5 Å². The van der Waals surface area contributed by atoms with Crippen molar-refractivity contribution in [1.82, 2.24) is 0 Å². The zero-order valence-corrected chi connectivity index (χ0v) is 16.1. The number of likely N-dealkylation sites (N-methyl/N-ethyl adjacent to an activating group) is 1. The Kier molecular flexibility index (Phi) is 7.19. The molecule has 7 heteroatoms.